The molecule has 4 heteroatoms. The number of hydrogen-bond acceptors (Lipinski definition) is 3. The van der Waals surface area contributed by atoms with Crippen LogP contribution in [0.4, 0.5) is 0 Å². The number of nitrogens with one attached hydrogen (secondary N) is 1. The summed E-state index contributed by atoms with van der Waals surface area (Å²) in [7, 11) is 2.02. The van der Waals surface area contributed by atoms with Crippen molar-refractivity contribution in [3.63, 3.8) is 0 Å². The lowest BCUT2D eigenvalue weighted by Crippen LogP contribution is -2.44. The predicted molar refractivity (Wildman–Crippen MR) is 77.8 cm³/mol. The van der Waals surface area contributed by atoms with Gasteiger partial charge >= 0.3 is 0 Å². The van der Waals surface area contributed by atoms with E-state index >= 15 is 0 Å². The number of thioether (sulfide) groups is 1. The Hall–Kier alpha value is -0.0300. The smallest absolute Gasteiger partial charge is 0.0821 e. The van der Waals surface area contributed by atoms with Gasteiger partial charge in [0.05, 0.1) is 12.7 Å². The molecule has 2 unspecified atom stereocenters. The monoisotopic (exact) mass is 315 g/mol. The fraction of sp³-hybridized carbons (Fsp3) is 0.538. The highest BCUT2D eigenvalue weighted by Gasteiger charge is 2.23. The molecule has 1 aromatic rings. The molecule has 1 fully saturated rings. The minimum absolute atomic E-state index is 0.336. The highest BCUT2D eigenvalue weighted by Crippen LogP contribution is 2.19. The van der Waals surface area contributed by atoms with Crippen molar-refractivity contribution >= 4 is 27.7 Å². The molecule has 2 atom stereocenters. The van der Waals surface area contributed by atoms with Crippen LogP contribution in [-0.4, -0.2) is 37.3 Å². The Kier molecular flexibility index (Phi) is 5.35. The maximum absolute atomic E-state index is 5.83. The van der Waals surface area contributed by atoms with Gasteiger partial charge in [-0.25, -0.2) is 0 Å². The van der Waals surface area contributed by atoms with Crippen molar-refractivity contribution in [2.45, 2.75) is 18.6 Å². The van der Waals surface area contributed by atoms with Crippen LogP contribution in [0.2, 0.25) is 0 Å². The van der Waals surface area contributed by atoms with E-state index in [0.29, 0.717) is 12.1 Å². The van der Waals surface area contributed by atoms with Crippen LogP contribution in [-0.2, 0) is 11.2 Å². The summed E-state index contributed by atoms with van der Waals surface area (Å²) in [6.45, 7) is 0.883. The van der Waals surface area contributed by atoms with Crippen LogP contribution in [0.1, 0.15) is 5.56 Å². The molecule has 2 rings (SSSR count). The van der Waals surface area contributed by atoms with Crippen molar-refractivity contribution in [2.75, 3.05) is 25.2 Å². The van der Waals surface area contributed by atoms with E-state index in [1.54, 1.807) is 0 Å². The normalized spacial score (nSPS) is 22.4. The van der Waals surface area contributed by atoms with Gasteiger partial charge in [0.1, 0.15) is 0 Å². The largest absolute Gasteiger partial charge is 0.375 e. The van der Waals surface area contributed by atoms with E-state index in [4.69, 9.17) is 4.74 Å². The molecule has 1 N–H and O–H groups in total. The van der Waals surface area contributed by atoms with Crippen LogP contribution in [0.3, 0.4) is 0 Å². The van der Waals surface area contributed by atoms with Gasteiger partial charge in [-0.1, -0.05) is 28.1 Å². The Labute approximate surface area is 116 Å². The number of rotatable bonds is 4. The molecule has 0 aromatic heterocycles. The highest BCUT2D eigenvalue weighted by atomic mass is 79.9. The summed E-state index contributed by atoms with van der Waals surface area (Å²) in [5.74, 6) is 2.23. The van der Waals surface area contributed by atoms with Gasteiger partial charge in [0, 0.05) is 22.0 Å². The van der Waals surface area contributed by atoms with Crippen molar-refractivity contribution in [3.8, 4) is 0 Å². The number of hydrogen-bond donors (Lipinski definition) is 1. The summed E-state index contributed by atoms with van der Waals surface area (Å²) in [4.78, 5) is 0. The van der Waals surface area contributed by atoms with E-state index in [0.717, 1.165) is 29.0 Å². The molecule has 0 aliphatic carbocycles. The van der Waals surface area contributed by atoms with Crippen molar-refractivity contribution in [3.05, 3.63) is 34.3 Å². The fourth-order valence-electron chi connectivity index (χ4n) is 2.03. The standard InChI is InChI=1S/C13H18BrNOS/c1-15-12(13-9-17-7-6-16-13)8-10-2-4-11(14)5-3-10/h2-5,12-13,15H,6-9H2,1H3. The minimum Gasteiger partial charge on any atom is -0.375 e. The zero-order valence-corrected chi connectivity index (χ0v) is 12.4. The second kappa shape index (κ2) is 6.78. The summed E-state index contributed by atoms with van der Waals surface area (Å²) in [6.07, 6.45) is 1.36. The third kappa shape index (κ3) is 3.98. The van der Waals surface area contributed by atoms with Gasteiger partial charge in [-0.05, 0) is 31.2 Å². The molecule has 0 amide bonds. The average Bonchev–Trinajstić information content (AvgIpc) is 2.39. The van der Waals surface area contributed by atoms with Gasteiger partial charge in [-0.2, -0.15) is 11.8 Å². The van der Waals surface area contributed by atoms with Crippen molar-refractivity contribution in [2.24, 2.45) is 0 Å². The number of likely N-dealkylation sites (N-methyl/N-ethyl adjacent to an activating group) is 1. The van der Waals surface area contributed by atoms with E-state index in [9.17, 15) is 0 Å². The second-order valence-corrected chi connectivity index (χ2v) is 6.28. The highest BCUT2D eigenvalue weighted by molar-refractivity contribution is 9.10. The molecule has 1 aliphatic heterocycles. The van der Waals surface area contributed by atoms with E-state index < -0.39 is 0 Å². The number of ether oxygens (including phenoxy) is 1. The van der Waals surface area contributed by atoms with Crippen molar-refractivity contribution in [1.82, 2.24) is 5.32 Å². The summed E-state index contributed by atoms with van der Waals surface area (Å²) in [6, 6.07) is 8.94. The lowest BCUT2D eigenvalue weighted by molar-refractivity contribution is 0.0492. The van der Waals surface area contributed by atoms with Crippen LogP contribution in [0.25, 0.3) is 0 Å². The van der Waals surface area contributed by atoms with Gasteiger partial charge < -0.3 is 10.1 Å². The first-order valence-corrected chi connectivity index (χ1v) is 7.85. The average molecular weight is 316 g/mol. The summed E-state index contributed by atoms with van der Waals surface area (Å²) in [5.41, 5.74) is 1.35. The van der Waals surface area contributed by atoms with Gasteiger partial charge in [0.2, 0.25) is 0 Å². The number of halogens is 1. The number of benzene rings is 1. The zero-order valence-electron chi connectivity index (χ0n) is 9.99. The Bertz CT molecular complexity index is 338. The molecule has 1 aliphatic rings. The first-order chi connectivity index (χ1) is 8.29. The van der Waals surface area contributed by atoms with Crippen LogP contribution in [0.5, 0.6) is 0 Å². The molecular formula is C13H18BrNOS. The molecule has 1 aromatic carbocycles. The Balaban J connectivity index is 1.96. The van der Waals surface area contributed by atoms with Gasteiger partial charge in [0.25, 0.3) is 0 Å². The van der Waals surface area contributed by atoms with E-state index in [1.165, 1.54) is 5.56 Å². The molecule has 0 spiro atoms. The molecule has 0 bridgehead atoms. The van der Waals surface area contributed by atoms with Crippen molar-refractivity contribution < 1.29 is 4.74 Å². The molecular weight excluding hydrogens is 298 g/mol. The fourth-order valence-corrected chi connectivity index (χ4v) is 3.24. The molecule has 1 saturated heterocycles. The quantitative estimate of drug-likeness (QED) is 0.923. The third-order valence-electron chi connectivity index (χ3n) is 3.03. The maximum Gasteiger partial charge on any atom is 0.0821 e. The zero-order chi connectivity index (χ0) is 12.1. The third-order valence-corrected chi connectivity index (χ3v) is 4.58. The topological polar surface area (TPSA) is 21.3 Å². The van der Waals surface area contributed by atoms with E-state index in [2.05, 4.69) is 45.5 Å². The molecule has 17 heavy (non-hydrogen) atoms. The Morgan fingerprint density at radius 1 is 1.47 bits per heavy atom. The van der Waals surface area contributed by atoms with Crippen LogP contribution in [0.15, 0.2) is 28.7 Å². The first kappa shape index (κ1) is 13.4. The van der Waals surface area contributed by atoms with Gasteiger partial charge in [-0.15, -0.1) is 0 Å². The Morgan fingerprint density at radius 3 is 2.82 bits per heavy atom. The van der Waals surface area contributed by atoms with Gasteiger partial charge in [-0.3, -0.25) is 0 Å². The maximum atomic E-state index is 5.83. The lowest BCUT2D eigenvalue weighted by Gasteiger charge is -2.30. The van der Waals surface area contributed by atoms with Crippen LogP contribution in [0, 0.1) is 0 Å². The van der Waals surface area contributed by atoms with E-state index in [1.807, 2.05) is 18.8 Å². The van der Waals surface area contributed by atoms with Gasteiger partial charge in [0.15, 0.2) is 0 Å². The molecule has 1 heterocycles. The molecule has 0 radical (unpaired) electrons. The molecule has 94 valence electrons. The van der Waals surface area contributed by atoms with Crippen molar-refractivity contribution in [1.29, 1.82) is 0 Å². The molecule has 0 saturated carbocycles. The SMILES string of the molecule is CNC(Cc1ccc(Br)cc1)C1CSCCO1. The van der Waals surface area contributed by atoms with Crippen LogP contribution < -0.4 is 5.32 Å². The first-order valence-electron chi connectivity index (χ1n) is 5.90. The lowest BCUT2D eigenvalue weighted by atomic mass is 10.0. The Morgan fingerprint density at radius 2 is 2.24 bits per heavy atom. The molecule has 2 nitrogen and oxygen atoms in total. The second-order valence-electron chi connectivity index (χ2n) is 4.21. The predicted octanol–water partition coefficient (Wildman–Crippen LogP) is 2.71. The summed E-state index contributed by atoms with van der Waals surface area (Å²) < 4.78 is 6.97. The summed E-state index contributed by atoms with van der Waals surface area (Å²) in [5, 5.41) is 3.38. The van der Waals surface area contributed by atoms with Crippen LogP contribution >= 0.6 is 27.7 Å². The summed E-state index contributed by atoms with van der Waals surface area (Å²) >= 11 is 5.45. The minimum atomic E-state index is 0.336. The van der Waals surface area contributed by atoms with E-state index in [-0.39, 0.29) is 0 Å².